The SMILES string of the molecule is Cn1c(-c2cn(CCP(=O)([O-])[O-])nn2)nc(-c2ccc(F)cc2)c1-c1ccncc1.[Na+].[Na+]. The molecule has 0 aliphatic carbocycles. The van der Waals surface area contributed by atoms with Gasteiger partial charge in [-0.2, -0.15) is 0 Å². The Morgan fingerprint density at radius 3 is 2.31 bits per heavy atom. The van der Waals surface area contributed by atoms with E-state index in [0.29, 0.717) is 17.2 Å². The van der Waals surface area contributed by atoms with E-state index in [1.54, 1.807) is 24.5 Å². The molecule has 0 N–H and O–H groups in total. The summed E-state index contributed by atoms with van der Waals surface area (Å²) in [4.78, 5) is 30.5. The maximum absolute atomic E-state index is 13.4. The number of rotatable bonds is 6. The van der Waals surface area contributed by atoms with E-state index >= 15 is 0 Å². The van der Waals surface area contributed by atoms with Gasteiger partial charge in [0.05, 0.1) is 17.6 Å². The molecule has 0 unspecified atom stereocenters. The van der Waals surface area contributed by atoms with Gasteiger partial charge in [-0.05, 0) is 42.6 Å². The molecule has 13 heteroatoms. The van der Waals surface area contributed by atoms with Crippen LogP contribution in [-0.2, 0) is 18.2 Å². The number of hydrogen-bond acceptors (Lipinski definition) is 7. The zero-order valence-electron chi connectivity index (χ0n) is 17.8. The molecule has 9 nitrogen and oxygen atoms in total. The Morgan fingerprint density at radius 1 is 1.03 bits per heavy atom. The molecule has 0 radical (unpaired) electrons. The topological polar surface area (TPSA) is 125 Å². The second-order valence-corrected chi connectivity index (χ2v) is 8.30. The molecule has 4 rings (SSSR count). The molecule has 0 saturated heterocycles. The predicted molar refractivity (Wildman–Crippen MR) is 103 cm³/mol. The third-order valence-electron chi connectivity index (χ3n) is 4.54. The molecule has 0 atom stereocenters. The Balaban J connectivity index is 0.00000181. The van der Waals surface area contributed by atoms with E-state index in [-0.39, 0.29) is 71.5 Å². The first-order valence-electron chi connectivity index (χ1n) is 8.96. The van der Waals surface area contributed by atoms with Crippen molar-refractivity contribution in [3.8, 4) is 34.0 Å². The van der Waals surface area contributed by atoms with Crippen molar-refractivity contribution in [3.63, 3.8) is 0 Å². The Bertz CT molecular complexity index is 1230. The average Bonchev–Trinajstić information content (AvgIpc) is 3.31. The first-order chi connectivity index (χ1) is 14.3. The number of halogens is 1. The summed E-state index contributed by atoms with van der Waals surface area (Å²) in [5.74, 6) is 0.136. The smallest absolute Gasteiger partial charge is 0.811 e. The molecule has 32 heavy (non-hydrogen) atoms. The second-order valence-electron chi connectivity index (χ2n) is 6.64. The van der Waals surface area contributed by atoms with Gasteiger partial charge in [0.1, 0.15) is 11.5 Å². The fourth-order valence-electron chi connectivity index (χ4n) is 3.11. The fourth-order valence-corrected chi connectivity index (χ4v) is 3.56. The molecular weight excluding hydrogens is 456 g/mol. The Kier molecular flexibility index (Phi) is 9.54. The summed E-state index contributed by atoms with van der Waals surface area (Å²) in [5.41, 5.74) is 3.38. The largest absolute Gasteiger partial charge is 1.00 e. The maximum Gasteiger partial charge on any atom is 1.00 e. The number of aryl methyl sites for hydroxylation is 1. The van der Waals surface area contributed by atoms with Crippen LogP contribution in [0.2, 0.25) is 0 Å². The minimum atomic E-state index is -4.64. The normalized spacial score (nSPS) is 11.0. The van der Waals surface area contributed by atoms with Crippen LogP contribution < -0.4 is 68.9 Å². The van der Waals surface area contributed by atoms with Crippen molar-refractivity contribution in [2.24, 2.45) is 7.05 Å². The number of benzene rings is 1. The van der Waals surface area contributed by atoms with E-state index in [2.05, 4.69) is 15.3 Å². The zero-order valence-corrected chi connectivity index (χ0v) is 22.7. The van der Waals surface area contributed by atoms with Crippen molar-refractivity contribution >= 4 is 7.60 Å². The van der Waals surface area contributed by atoms with Crippen LogP contribution in [0.4, 0.5) is 4.39 Å². The zero-order chi connectivity index (χ0) is 21.3. The minimum Gasteiger partial charge on any atom is -0.811 e. The molecule has 4 aromatic rings. The standard InChI is InChI=1S/C19H18FN6O3P.2Na/c1-25-18(14-6-8-21-9-7-14)17(13-2-4-15(20)5-3-13)22-19(25)16-12-26(24-23-16)10-11-30(27,28)29;;/h2-9,12H,10-11H2,1H3,(H2,27,28,29);;/q;2*+1/p-2. The molecule has 3 heterocycles. The van der Waals surface area contributed by atoms with Crippen LogP contribution in [0.25, 0.3) is 34.0 Å². The van der Waals surface area contributed by atoms with E-state index < -0.39 is 13.8 Å². The number of aromatic nitrogens is 6. The molecule has 0 saturated carbocycles. The number of hydrogen-bond donors (Lipinski definition) is 0. The molecule has 1 aromatic carbocycles. The van der Waals surface area contributed by atoms with Crippen LogP contribution in [0.1, 0.15) is 0 Å². The summed E-state index contributed by atoms with van der Waals surface area (Å²) in [6, 6.07) is 9.68. The third-order valence-corrected chi connectivity index (χ3v) is 5.28. The van der Waals surface area contributed by atoms with Crippen LogP contribution in [0.15, 0.2) is 55.0 Å². The first-order valence-corrected chi connectivity index (χ1v) is 10.7. The quantitative estimate of drug-likeness (QED) is 0.205. The molecule has 0 bridgehead atoms. The Morgan fingerprint density at radius 2 is 1.69 bits per heavy atom. The maximum atomic E-state index is 13.4. The third kappa shape index (κ3) is 6.22. The minimum absolute atomic E-state index is 0. The van der Waals surface area contributed by atoms with Crippen molar-refractivity contribution < 1.29 is 77.9 Å². The molecule has 0 spiro atoms. The molecule has 154 valence electrons. The van der Waals surface area contributed by atoms with Gasteiger partial charge in [0.15, 0.2) is 5.82 Å². The van der Waals surface area contributed by atoms with Gasteiger partial charge in [0, 0.05) is 37.1 Å². The Labute approximate surface area is 227 Å². The van der Waals surface area contributed by atoms with Crippen molar-refractivity contribution in [2.75, 3.05) is 6.16 Å². The van der Waals surface area contributed by atoms with Crippen LogP contribution in [0, 0.1) is 5.82 Å². The Hall–Kier alpha value is -1.20. The fraction of sp³-hybridized carbons (Fsp3) is 0.158. The number of imidazole rings is 1. The van der Waals surface area contributed by atoms with Crippen molar-refractivity contribution in [1.29, 1.82) is 0 Å². The van der Waals surface area contributed by atoms with Gasteiger partial charge in [-0.3, -0.25) is 9.67 Å². The average molecular weight is 472 g/mol. The van der Waals surface area contributed by atoms with Gasteiger partial charge in [-0.1, -0.05) is 12.8 Å². The van der Waals surface area contributed by atoms with Crippen LogP contribution >= 0.6 is 7.60 Å². The van der Waals surface area contributed by atoms with Gasteiger partial charge in [-0.15, -0.1) is 5.10 Å². The van der Waals surface area contributed by atoms with Crippen molar-refractivity contribution in [1.82, 2.24) is 29.5 Å². The molecule has 0 fully saturated rings. The van der Waals surface area contributed by atoms with Gasteiger partial charge in [0.25, 0.3) is 0 Å². The van der Waals surface area contributed by atoms with E-state index in [1.807, 2.05) is 23.7 Å². The molecular formula is C19H16FN6Na2O3P. The molecule has 0 amide bonds. The van der Waals surface area contributed by atoms with E-state index in [0.717, 1.165) is 16.8 Å². The molecule has 3 aromatic heterocycles. The molecule has 0 aliphatic rings. The van der Waals surface area contributed by atoms with Crippen molar-refractivity contribution in [3.05, 3.63) is 60.8 Å². The van der Waals surface area contributed by atoms with E-state index in [4.69, 9.17) is 4.98 Å². The summed E-state index contributed by atoms with van der Waals surface area (Å²) in [6.07, 6.45) is 4.30. The number of pyridine rings is 1. The summed E-state index contributed by atoms with van der Waals surface area (Å²) in [5, 5.41) is 7.95. The summed E-state index contributed by atoms with van der Waals surface area (Å²) >= 11 is 0. The van der Waals surface area contributed by atoms with Gasteiger partial charge >= 0.3 is 59.1 Å². The number of nitrogens with zero attached hydrogens (tertiary/aromatic N) is 6. The van der Waals surface area contributed by atoms with Gasteiger partial charge < -0.3 is 18.9 Å². The van der Waals surface area contributed by atoms with Gasteiger partial charge in [-0.25, -0.2) is 9.37 Å². The summed E-state index contributed by atoms with van der Waals surface area (Å²) in [6.45, 7) is -0.0935. The van der Waals surface area contributed by atoms with Crippen molar-refractivity contribution in [2.45, 2.75) is 6.54 Å². The van der Waals surface area contributed by atoms with Crippen LogP contribution in [0.5, 0.6) is 0 Å². The van der Waals surface area contributed by atoms with E-state index in [1.165, 1.54) is 23.0 Å². The van der Waals surface area contributed by atoms with E-state index in [9.17, 15) is 18.7 Å². The molecule has 0 aliphatic heterocycles. The first kappa shape index (κ1) is 27.0. The summed E-state index contributed by atoms with van der Waals surface area (Å²) < 4.78 is 27.4. The predicted octanol–water partition coefficient (Wildman–Crippen LogP) is -4.53. The van der Waals surface area contributed by atoms with Gasteiger partial charge in [0.2, 0.25) is 0 Å². The van der Waals surface area contributed by atoms with Crippen LogP contribution in [-0.4, -0.2) is 35.7 Å². The second kappa shape index (κ2) is 11.3. The summed E-state index contributed by atoms with van der Waals surface area (Å²) in [7, 11) is -2.82. The van der Waals surface area contributed by atoms with Crippen LogP contribution in [0.3, 0.4) is 0 Å². The monoisotopic (exact) mass is 472 g/mol.